The molecule has 17 heavy (non-hydrogen) atoms. The average Bonchev–Trinajstić information content (AvgIpc) is 2.91. The van der Waals surface area contributed by atoms with Crippen LogP contribution in [0.25, 0.3) is 0 Å². The smallest absolute Gasteiger partial charge is 0.225 e. The molecule has 0 unspecified atom stereocenters. The van der Waals surface area contributed by atoms with Crippen molar-refractivity contribution >= 4 is 11.8 Å². The standard InChI is InChI=1S/C13H22N2O2/c1-2-12(16)14-9-5-11(6-10-14)13(17)15-7-3-4-8-15/h11H,2-10H2,1H3. The summed E-state index contributed by atoms with van der Waals surface area (Å²) in [5.74, 6) is 0.706. The van der Waals surface area contributed by atoms with E-state index in [0.717, 1.165) is 51.9 Å². The number of hydrogen-bond acceptors (Lipinski definition) is 2. The number of carbonyl (C=O) groups is 2. The van der Waals surface area contributed by atoms with Crippen molar-refractivity contribution in [2.45, 2.75) is 39.0 Å². The van der Waals surface area contributed by atoms with Gasteiger partial charge in [-0.25, -0.2) is 0 Å². The lowest BCUT2D eigenvalue weighted by Crippen LogP contribution is -2.43. The predicted octanol–water partition coefficient (Wildman–Crippen LogP) is 1.26. The molecule has 2 heterocycles. The van der Waals surface area contributed by atoms with Crippen LogP contribution in [0.5, 0.6) is 0 Å². The van der Waals surface area contributed by atoms with E-state index in [1.165, 1.54) is 0 Å². The molecule has 2 fully saturated rings. The van der Waals surface area contributed by atoms with Gasteiger partial charge in [0.05, 0.1) is 0 Å². The predicted molar refractivity (Wildman–Crippen MR) is 65.4 cm³/mol. The Balaban J connectivity index is 1.82. The molecule has 0 aromatic rings. The molecule has 0 radical (unpaired) electrons. The van der Waals surface area contributed by atoms with Gasteiger partial charge in [0.15, 0.2) is 0 Å². The molecule has 0 N–H and O–H groups in total. The van der Waals surface area contributed by atoms with Crippen LogP contribution in [-0.2, 0) is 9.59 Å². The van der Waals surface area contributed by atoms with Crippen molar-refractivity contribution in [3.63, 3.8) is 0 Å². The lowest BCUT2D eigenvalue weighted by atomic mass is 9.95. The minimum atomic E-state index is 0.161. The van der Waals surface area contributed by atoms with Gasteiger partial charge in [-0.2, -0.15) is 0 Å². The number of hydrogen-bond donors (Lipinski definition) is 0. The Bertz CT molecular complexity index is 290. The molecule has 2 rings (SSSR count). The van der Waals surface area contributed by atoms with Gasteiger partial charge >= 0.3 is 0 Å². The van der Waals surface area contributed by atoms with Crippen molar-refractivity contribution in [1.29, 1.82) is 0 Å². The molecular formula is C13H22N2O2. The van der Waals surface area contributed by atoms with Gasteiger partial charge < -0.3 is 9.80 Å². The Morgan fingerprint density at radius 1 is 1.00 bits per heavy atom. The molecule has 2 saturated heterocycles. The molecule has 0 aromatic heterocycles. The highest BCUT2D eigenvalue weighted by atomic mass is 16.2. The van der Waals surface area contributed by atoms with Crippen LogP contribution in [0, 0.1) is 5.92 Å². The fourth-order valence-electron chi connectivity index (χ4n) is 2.80. The number of amides is 2. The van der Waals surface area contributed by atoms with Gasteiger partial charge in [-0.15, -0.1) is 0 Å². The summed E-state index contributed by atoms with van der Waals surface area (Å²) in [5, 5.41) is 0. The number of nitrogens with zero attached hydrogens (tertiary/aromatic N) is 2. The molecule has 2 amide bonds. The quantitative estimate of drug-likeness (QED) is 0.726. The van der Waals surface area contributed by atoms with Gasteiger partial charge in [0, 0.05) is 38.5 Å². The maximum absolute atomic E-state index is 12.2. The first-order chi connectivity index (χ1) is 8.22. The maximum Gasteiger partial charge on any atom is 0.225 e. The maximum atomic E-state index is 12.2. The Kier molecular flexibility index (Phi) is 4.02. The van der Waals surface area contributed by atoms with E-state index >= 15 is 0 Å². The van der Waals surface area contributed by atoms with Crippen molar-refractivity contribution < 1.29 is 9.59 Å². The summed E-state index contributed by atoms with van der Waals surface area (Å²) < 4.78 is 0. The minimum absolute atomic E-state index is 0.161. The van der Waals surface area contributed by atoms with Crippen LogP contribution in [0.3, 0.4) is 0 Å². The summed E-state index contributed by atoms with van der Waals surface area (Å²) >= 11 is 0. The lowest BCUT2D eigenvalue weighted by Gasteiger charge is -2.33. The minimum Gasteiger partial charge on any atom is -0.343 e. The van der Waals surface area contributed by atoms with E-state index in [-0.39, 0.29) is 11.8 Å². The zero-order chi connectivity index (χ0) is 12.3. The van der Waals surface area contributed by atoms with E-state index < -0.39 is 0 Å². The molecule has 0 bridgehead atoms. The van der Waals surface area contributed by atoms with Crippen LogP contribution in [0.15, 0.2) is 0 Å². The SMILES string of the molecule is CCC(=O)N1CCC(C(=O)N2CCCC2)CC1. The van der Waals surface area contributed by atoms with E-state index in [1.54, 1.807) is 0 Å². The Morgan fingerprint density at radius 3 is 2.12 bits per heavy atom. The van der Waals surface area contributed by atoms with Crippen molar-refractivity contribution in [3.05, 3.63) is 0 Å². The average molecular weight is 238 g/mol. The first-order valence-electron chi connectivity index (χ1n) is 6.79. The summed E-state index contributed by atoms with van der Waals surface area (Å²) in [6.07, 6.45) is 4.57. The zero-order valence-electron chi connectivity index (χ0n) is 10.7. The molecule has 2 aliphatic heterocycles. The van der Waals surface area contributed by atoms with Crippen molar-refractivity contribution in [3.8, 4) is 0 Å². The van der Waals surface area contributed by atoms with Gasteiger partial charge in [0.25, 0.3) is 0 Å². The Morgan fingerprint density at radius 2 is 1.59 bits per heavy atom. The first kappa shape index (κ1) is 12.4. The fraction of sp³-hybridized carbons (Fsp3) is 0.846. The number of rotatable bonds is 2. The molecular weight excluding hydrogens is 216 g/mol. The summed E-state index contributed by atoms with van der Waals surface area (Å²) in [6, 6.07) is 0. The zero-order valence-corrected chi connectivity index (χ0v) is 10.7. The second-order valence-electron chi connectivity index (χ2n) is 5.04. The molecule has 0 atom stereocenters. The van der Waals surface area contributed by atoms with Crippen LogP contribution < -0.4 is 0 Å². The highest BCUT2D eigenvalue weighted by Crippen LogP contribution is 2.22. The van der Waals surface area contributed by atoms with E-state index in [1.807, 2.05) is 16.7 Å². The summed E-state index contributed by atoms with van der Waals surface area (Å²) in [6.45, 7) is 5.29. The summed E-state index contributed by atoms with van der Waals surface area (Å²) in [5.41, 5.74) is 0. The first-order valence-corrected chi connectivity index (χ1v) is 6.79. The number of carbonyl (C=O) groups excluding carboxylic acids is 2. The molecule has 4 heteroatoms. The highest BCUT2D eigenvalue weighted by molar-refractivity contribution is 5.80. The van der Waals surface area contributed by atoms with Gasteiger partial charge in [-0.1, -0.05) is 6.92 Å². The Hall–Kier alpha value is -1.06. The van der Waals surface area contributed by atoms with Crippen LogP contribution >= 0.6 is 0 Å². The number of likely N-dealkylation sites (tertiary alicyclic amines) is 2. The van der Waals surface area contributed by atoms with Crippen LogP contribution in [0.2, 0.25) is 0 Å². The third-order valence-electron chi connectivity index (χ3n) is 3.92. The van der Waals surface area contributed by atoms with E-state index in [4.69, 9.17) is 0 Å². The second kappa shape index (κ2) is 5.52. The van der Waals surface area contributed by atoms with Crippen LogP contribution in [0.4, 0.5) is 0 Å². The van der Waals surface area contributed by atoms with Crippen molar-refractivity contribution in [1.82, 2.24) is 9.80 Å². The summed E-state index contributed by atoms with van der Waals surface area (Å²) in [4.78, 5) is 27.6. The normalized spacial score (nSPS) is 21.9. The lowest BCUT2D eigenvalue weighted by molar-refractivity contribution is -0.139. The van der Waals surface area contributed by atoms with Gasteiger partial charge in [-0.05, 0) is 25.7 Å². The van der Waals surface area contributed by atoms with E-state index in [0.29, 0.717) is 12.3 Å². The highest BCUT2D eigenvalue weighted by Gasteiger charge is 2.30. The van der Waals surface area contributed by atoms with Crippen LogP contribution in [0.1, 0.15) is 39.0 Å². The molecule has 0 aromatic carbocycles. The van der Waals surface area contributed by atoms with E-state index in [9.17, 15) is 9.59 Å². The number of piperidine rings is 1. The third kappa shape index (κ3) is 2.79. The summed E-state index contributed by atoms with van der Waals surface area (Å²) in [7, 11) is 0. The van der Waals surface area contributed by atoms with Gasteiger partial charge in [-0.3, -0.25) is 9.59 Å². The second-order valence-corrected chi connectivity index (χ2v) is 5.04. The van der Waals surface area contributed by atoms with E-state index in [2.05, 4.69) is 0 Å². The molecule has 0 saturated carbocycles. The van der Waals surface area contributed by atoms with Crippen molar-refractivity contribution in [2.24, 2.45) is 5.92 Å². The molecule has 96 valence electrons. The molecule has 4 nitrogen and oxygen atoms in total. The molecule has 2 aliphatic rings. The van der Waals surface area contributed by atoms with Crippen molar-refractivity contribution in [2.75, 3.05) is 26.2 Å². The Labute approximate surface area is 103 Å². The molecule has 0 spiro atoms. The topological polar surface area (TPSA) is 40.6 Å². The third-order valence-corrected chi connectivity index (χ3v) is 3.92. The fourth-order valence-corrected chi connectivity index (χ4v) is 2.80. The van der Waals surface area contributed by atoms with Gasteiger partial charge in [0.1, 0.15) is 0 Å². The van der Waals surface area contributed by atoms with Gasteiger partial charge in [0.2, 0.25) is 11.8 Å². The monoisotopic (exact) mass is 238 g/mol. The molecule has 0 aliphatic carbocycles. The largest absolute Gasteiger partial charge is 0.343 e. The van der Waals surface area contributed by atoms with Crippen LogP contribution in [-0.4, -0.2) is 47.8 Å².